The smallest absolute Gasteiger partial charge is 0.227 e. The van der Waals surface area contributed by atoms with E-state index in [1.807, 2.05) is 47.4 Å². The van der Waals surface area contributed by atoms with E-state index in [9.17, 15) is 4.79 Å². The van der Waals surface area contributed by atoms with Gasteiger partial charge in [-0.1, -0.05) is 54.6 Å². The molecule has 0 unspecified atom stereocenters. The zero-order valence-electron chi connectivity index (χ0n) is 17.0. The molecular weight excluding hydrogens is 370 g/mol. The molecule has 4 heteroatoms. The van der Waals surface area contributed by atoms with Crippen LogP contribution in [-0.2, 0) is 24.2 Å². The number of rotatable bonds is 6. The molecule has 0 fully saturated rings. The largest absolute Gasteiger partial charge is 0.379 e. The van der Waals surface area contributed by atoms with Gasteiger partial charge in [-0.05, 0) is 54.2 Å². The number of carbonyl (C=O) groups is 1. The molecule has 0 aliphatic carbocycles. The summed E-state index contributed by atoms with van der Waals surface area (Å²) in [4.78, 5) is 15.1. The van der Waals surface area contributed by atoms with Crippen molar-refractivity contribution in [3.05, 3.63) is 95.1 Å². The molecule has 1 amide bonds. The summed E-state index contributed by atoms with van der Waals surface area (Å²) in [5, 5.41) is 12.5. The first-order chi connectivity index (χ1) is 14.7. The molecule has 3 aromatic carbocycles. The zero-order chi connectivity index (χ0) is 20.8. The predicted molar refractivity (Wildman–Crippen MR) is 120 cm³/mol. The van der Waals surface area contributed by atoms with Crippen LogP contribution in [0.25, 0.3) is 0 Å². The lowest BCUT2D eigenvalue weighted by molar-refractivity contribution is -0.118. The fraction of sp³-hybridized carbons (Fsp3) is 0.231. The van der Waals surface area contributed by atoms with E-state index in [4.69, 9.17) is 5.26 Å². The first-order valence-corrected chi connectivity index (χ1v) is 10.4. The van der Waals surface area contributed by atoms with E-state index in [1.165, 1.54) is 11.1 Å². The minimum absolute atomic E-state index is 0.147. The van der Waals surface area contributed by atoms with E-state index in [2.05, 4.69) is 41.7 Å². The highest BCUT2D eigenvalue weighted by molar-refractivity contribution is 5.98. The van der Waals surface area contributed by atoms with E-state index in [0.29, 0.717) is 18.4 Å². The van der Waals surface area contributed by atoms with Gasteiger partial charge in [-0.2, -0.15) is 5.26 Å². The van der Waals surface area contributed by atoms with Gasteiger partial charge in [0.15, 0.2) is 0 Å². The first kappa shape index (κ1) is 19.7. The molecule has 1 aliphatic heterocycles. The third-order valence-corrected chi connectivity index (χ3v) is 5.55. The van der Waals surface area contributed by atoms with Crippen LogP contribution in [0.3, 0.4) is 0 Å². The van der Waals surface area contributed by atoms with Crippen LogP contribution in [0.15, 0.2) is 72.8 Å². The Morgan fingerprint density at radius 1 is 0.967 bits per heavy atom. The van der Waals surface area contributed by atoms with Crippen LogP contribution in [0.2, 0.25) is 0 Å². The van der Waals surface area contributed by atoms with Crippen LogP contribution in [0.4, 0.5) is 11.4 Å². The topological polar surface area (TPSA) is 56.1 Å². The Morgan fingerprint density at radius 3 is 2.53 bits per heavy atom. The van der Waals surface area contributed by atoms with E-state index >= 15 is 0 Å². The summed E-state index contributed by atoms with van der Waals surface area (Å²) in [6.07, 6.45) is 3.11. The summed E-state index contributed by atoms with van der Waals surface area (Å²) in [6.45, 7) is 1.48. The number of para-hydroxylation sites is 1. The Kier molecular flexibility index (Phi) is 6.10. The van der Waals surface area contributed by atoms with Gasteiger partial charge in [0.2, 0.25) is 5.91 Å². The maximum Gasteiger partial charge on any atom is 0.227 e. The van der Waals surface area contributed by atoms with Crippen LogP contribution in [0, 0.1) is 11.3 Å². The molecular formula is C26H25N3O. The Balaban J connectivity index is 1.48. The van der Waals surface area contributed by atoms with Crippen LogP contribution in [0.1, 0.15) is 35.1 Å². The Hall–Kier alpha value is -3.58. The minimum atomic E-state index is 0.147. The average Bonchev–Trinajstić information content (AvgIpc) is 2.81. The molecule has 0 radical (unpaired) electrons. The molecule has 150 valence electrons. The third-order valence-electron chi connectivity index (χ3n) is 5.55. The minimum Gasteiger partial charge on any atom is -0.379 e. The molecule has 1 heterocycles. The molecule has 0 saturated carbocycles. The van der Waals surface area contributed by atoms with Crippen molar-refractivity contribution in [3.8, 4) is 6.07 Å². The van der Waals surface area contributed by atoms with Crippen molar-refractivity contribution >= 4 is 17.3 Å². The van der Waals surface area contributed by atoms with Crippen molar-refractivity contribution in [2.24, 2.45) is 0 Å². The van der Waals surface area contributed by atoms with Crippen molar-refractivity contribution in [2.75, 3.05) is 16.8 Å². The molecule has 0 saturated heterocycles. The van der Waals surface area contributed by atoms with Gasteiger partial charge in [-0.15, -0.1) is 0 Å². The number of aryl methyl sites for hydroxylation is 2. The van der Waals surface area contributed by atoms with E-state index in [1.54, 1.807) is 0 Å². The number of anilines is 2. The summed E-state index contributed by atoms with van der Waals surface area (Å²) in [7, 11) is 0. The molecule has 1 aliphatic rings. The molecule has 4 rings (SSSR count). The summed E-state index contributed by atoms with van der Waals surface area (Å²) in [6, 6.07) is 26.2. The van der Waals surface area contributed by atoms with Crippen LogP contribution in [0.5, 0.6) is 0 Å². The number of benzene rings is 3. The number of fused-ring (bicyclic) bond motifs is 1. The molecule has 0 bridgehead atoms. The summed E-state index contributed by atoms with van der Waals surface area (Å²) >= 11 is 0. The van der Waals surface area contributed by atoms with E-state index in [-0.39, 0.29) is 5.91 Å². The van der Waals surface area contributed by atoms with Crippen molar-refractivity contribution in [1.29, 1.82) is 5.26 Å². The van der Waals surface area contributed by atoms with Gasteiger partial charge < -0.3 is 10.2 Å². The predicted octanol–water partition coefficient (Wildman–Crippen LogP) is 5.08. The standard InChI is InChI=1S/C26H25N3O/c27-18-21-13-11-20(12-14-21)15-16-25(30)29-17-5-9-23-8-4-10-24(26(23)29)28-19-22-6-2-1-3-7-22/h1-4,6-8,10-14,28H,5,9,15-17,19H2. The van der Waals surface area contributed by atoms with Gasteiger partial charge in [-0.25, -0.2) is 0 Å². The highest BCUT2D eigenvalue weighted by Crippen LogP contribution is 2.35. The highest BCUT2D eigenvalue weighted by Gasteiger charge is 2.25. The van der Waals surface area contributed by atoms with Gasteiger partial charge in [0, 0.05) is 19.5 Å². The average molecular weight is 396 g/mol. The van der Waals surface area contributed by atoms with Crippen molar-refractivity contribution < 1.29 is 4.79 Å². The van der Waals surface area contributed by atoms with Gasteiger partial charge in [-0.3, -0.25) is 4.79 Å². The first-order valence-electron chi connectivity index (χ1n) is 10.4. The van der Waals surface area contributed by atoms with Gasteiger partial charge in [0.05, 0.1) is 23.0 Å². The molecule has 0 atom stereocenters. The number of nitriles is 1. The lowest BCUT2D eigenvalue weighted by Gasteiger charge is -2.32. The SMILES string of the molecule is N#Cc1ccc(CCC(=O)N2CCCc3cccc(NCc4ccccc4)c32)cc1. The fourth-order valence-corrected chi connectivity index (χ4v) is 3.97. The maximum absolute atomic E-state index is 13.1. The zero-order valence-corrected chi connectivity index (χ0v) is 17.0. The monoisotopic (exact) mass is 395 g/mol. The quantitative estimate of drug-likeness (QED) is 0.633. The van der Waals surface area contributed by atoms with Crippen LogP contribution in [-0.4, -0.2) is 12.5 Å². The molecule has 0 aromatic heterocycles. The lowest BCUT2D eigenvalue weighted by atomic mass is 9.99. The van der Waals surface area contributed by atoms with Gasteiger partial charge in [0.1, 0.15) is 0 Å². The molecule has 30 heavy (non-hydrogen) atoms. The van der Waals surface area contributed by atoms with Crippen molar-refractivity contribution in [3.63, 3.8) is 0 Å². The van der Waals surface area contributed by atoms with E-state index in [0.717, 1.165) is 42.9 Å². The maximum atomic E-state index is 13.1. The van der Waals surface area contributed by atoms with Crippen LogP contribution < -0.4 is 10.2 Å². The molecule has 3 aromatic rings. The van der Waals surface area contributed by atoms with Gasteiger partial charge >= 0.3 is 0 Å². The Bertz CT molecular complexity index is 1050. The number of carbonyl (C=O) groups excluding carboxylic acids is 1. The summed E-state index contributed by atoms with van der Waals surface area (Å²) < 4.78 is 0. The normalized spacial score (nSPS) is 12.7. The number of nitrogens with one attached hydrogen (secondary N) is 1. The highest BCUT2D eigenvalue weighted by atomic mass is 16.2. The Morgan fingerprint density at radius 2 is 1.77 bits per heavy atom. The number of amides is 1. The second kappa shape index (κ2) is 9.28. The van der Waals surface area contributed by atoms with Gasteiger partial charge in [0.25, 0.3) is 0 Å². The number of hydrogen-bond acceptors (Lipinski definition) is 3. The number of hydrogen-bond donors (Lipinski definition) is 1. The summed E-state index contributed by atoms with van der Waals surface area (Å²) in [5.74, 6) is 0.147. The lowest BCUT2D eigenvalue weighted by Crippen LogP contribution is -2.36. The van der Waals surface area contributed by atoms with Crippen molar-refractivity contribution in [1.82, 2.24) is 0 Å². The summed E-state index contributed by atoms with van der Waals surface area (Å²) in [5.41, 5.74) is 6.21. The molecule has 4 nitrogen and oxygen atoms in total. The van der Waals surface area contributed by atoms with E-state index < -0.39 is 0 Å². The second-order valence-corrected chi connectivity index (χ2v) is 7.61. The number of nitrogens with zero attached hydrogens (tertiary/aromatic N) is 2. The molecule has 0 spiro atoms. The second-order valence-electron chi connectivity index (χ2n) is 7.61. The molecule has 1 N–H and O–H groups in total. The van der Waals surface area contributed by atoms with Crippen molar-refractivity contribution in [2.45, 2.75) is 32.2 Å². The third kappa shape index (κ3) is 4.52. The fourth-order valence-electron chi connectivity index (χ4n) is 3.97. The van der Waals surface area contributed by atoms with Crippen LogP contribution >= 0.6 is 0 Å². The Labute approximate surface area is 177 Å².